The summed E-state index contributed by atoms with van der Waals surface area (Å²) in [6, 6.07) is 1.64. The van der Waals surface area contributed by atoms with Gasteiger partial charge in [-0.2, -0.15) is 0 Å². The Hall–Kier alpha value is -2.02. The molecule has 8 heteroatoms. The van der Waals surface area contributed by atoms with E-state index in [-0.39, 0.29) is 35.2 Å². The topological polar surface area (TPSA) is 76.2 Å². The number of benzene rings is 1. The minimum atomic E-state index is -1.02. The zero-order valence-corrected chi connectivity index (χ0v) is 10.1. The van der Waals surface area contributed by atoms with Gasteiger partial charge in [-0.25, -0.2) is 8.78 Å². The summed E-state index contributed by atoms with van der Waals surface area (Å²) in [5.74, 6) is -2.84. The van der Waals surface area contributed by atoms with Crippen molar-refractivity contribution in [3.8, 4) is 11.5 Å². The number of carboxylic acid groups (broad SMARTS) is 1. The summed E-state index contributed by atoms with van der Waals surface area (Å²) >= 11 is 5.42. The highest BCUT2D eigenvalue weighted by Gasteiger charge is 2.16. The SMILES string of the molecule is O=C(O)CCc1nnc(-c2cc(F)c(Cl)cc2F)o1. The molecule has 1 aromatic heterocycles. The maximum atomic E-state index is 13.6. The van der Waals surface area contributed by atoms with Crippen LogP contribution in [-0.2, 0) is 11.2 Å². The molecule has 100 valence electrons. The monoisotopic (exact) mass is 288 g/mol. The number of nitrogens with zero attached hydrogens (tertiary/aromatic N) is 2. The van der Waals surface area contributed by atoms with Gasteiger partial charge in [0, 0.05) is 6.42 Å². The second-order valence-corrected chi connectivity index (χ2v) is 4.05. The molecule has 2 rings (SSSR count). The summed E-state index contributed by atoms with van der Waals surface area (Å²) in [6.07, 6.45) is -0.181. The quantitative estimate of drug-likeness (QED) is 0.875. The Morgan fingerprint density at radius 2 is 2.05 bits per heavy atom. The van der Waals surface area contributed by atoms with E-state index in [1.807, 2.05) is 0 Å². The number of carbonyl (C=O) groups is 1. The number of rotatable bonds is 4. The van der Waals surface area contributed by atoms with Crippen molar-refractivity contribution >= 4 is 17.6 Å². The summed E-state index contributed by atoms with van der Waals surface area (Å²) in [7, 11) is 0. The lowest BCUT2D eigenvalue weighted by atomic mass is 10.2. The molecule has 2 aromatic rings. The van der Waals surface area contributed by atoms with Crippen LogP contribution >= 0.6 is 11.6 Å². The third kappa shape index (κ3) is 3.05. The number of aromatic nitrogens is 2. The molecule has 0 aliphatic heterocycles. The number of hydrogen-bond donors (Lipinski definition) is 1. The molecule has 0 aliphatic carbocycles. The minimum Gasteiger partial charge on any atom is -0.481 e. The van der Waals surface area contributed by atoms with E-state index in [1.165, 1.54) is 0 Å². The molecule has 0 unspecified atom stereocenters. The van der Waals surface area contributed by atoms with E-state index in [0.29, 0.717) is 0 Å². The summed E-state index contributed by atoms with van der Waals surface area (Å²) in [5, 5.41) is 15.2. The Morgan fingerprint density at radius 1 is 1.32 bits per heavy atom. The molecular weight excluding hydrogens is 282 g/mol. The summed E-state index contributed by atoms with van der Waals surface area (Å²) < 4.78 is 31.9. The molecule has 1 heterocycles. The van der Waals surface area contributed by atoms with E-state index < -0.39 is 17.6 Å². The van der Waals surface area contributed by atoms with Gasteiger partial charge in [-0.05, 0) is 12.1 Å². The molecule has 1 N–H and O–H groups in total. The molecule has 0 saturated heterocycles. The lowest BCUT2D eigenvalue weighted by molar-refractivity contribution is -0.137. The molecule has 0 aliphatic rings. The van der Waals surface area contributed by atoms with E-state index in [1.54, 1.807) is 0 Å². The van der Waals surface area contributed by atoms with Crippen LogP contribution < -0.4 is 0 Å². The highest BCUT2D eigenvalue weighted by atomic mass is 35.5. The van der Waals surface area contributed by atoms with Crippen LogP contribution in [0.4, 0.5) is 8.78 Å². The average Bonchev–Trinajstić information content (AvgIpc) is 2.80. The third-order valence-corrected chi connectivity index (χ3v) is 2.55. The smallest absolute Gasteiger partial charge is 0.303 e. The number of carboxylic acids is 1. The van der Waals surface area contributed by atoms with Crippen LogP contribution in [0.15, 0.2) is 16.5 Å². The van der Waals surface area contributed by atoms with Crippen LogP contribution in [0.25, 0.3) is 11.5 Å². The maximum absolute atomic E-state index is 13.6. The molecule has 0 amide bonds. The zero-order chi connectivity index (χ0) is 14.0. The first kappa shape index (κ1) is 13.4. The van der Waals surface area contributed by atoms with Crippen molar-refractivity contribution in [2.24, 2.45) is 0 Å². The first-order valence-electron chi connectivity index (χ1n) is 5.16. The van der Waals surface area contributed by atoms with Crippen molar-refractivity contribution in [1.29, 1.82) is 0 Å². The molecule has 0 radical (unpaired) electrons. The predicted octanol–water partition coefficient (Wildman–Crippen LogP) is 2.69. The fraction of sp³-hybridized carbons (Fsp3) is 0.182. The number of aliphatic carboxylic acids is 1. The van der Waals surface area contributed by atoms with E-state index in [2.05, 4.69) is 10.2 Å². The summed E-state index contributed by atoms with van der Waals surface area (Å²) in [5.41, 5.74) is -0.226. The highest BCUT2D eigenvalue weighted by molar-refractivity contribution is 6.30. The van der Waals surface area contributed by atoms with Gasteiger partial charge < -0.3 is 9.52 Å². The standard InChI is InChI=1S/C11H7ClF2N2O3/c12-6-4-7(13)5(3-8(6)14)11-16-15-9(19-11)1-2-10(17)18/h3-4H,1-2H2,(H,17,18). The summed E-state index contributed by atoms with van der Waals surface area (Å²) in [4.78, 5) is 10.4. The molecule has 0 spiro atoms. The van der Waals surface area contributed by atoms with Gasteiger partial charge in [-0.3, -0.25) is 4.79 Å². The fourth-order valence-electron chi connectivity index (χ4n) is 1.36. The van der Waals surface area contributed by atoms with Gasteiger partial charge in [0.15, 0.2) is 0 Å². The van der Waals surface area contributed by atoms with Crippen molar-refractivity contribution in [2.75, 3.05) is 0 Å². The first-order valence-corrected chi connectivity index (χ1v) is 5.54. The van der Waals surface area contributed by atoms with E-state index in [9.17, 15) is 13.6 Å². The molecule has 0 bridgehead atoms. The van der Waals surface area contributed by atoms with Crippen LogP contribution in [0, 0.1) is 11.6 Å². The molecule has 0 fully saturated rings. The lowest BCUT2D eigenvalue weighted by Gasteiger charge is -1.99. The van der Waals surface area contributed by atoms with Gasteiger partial charge in [0.25, 0.3) is 5.89 Å². The normalized spacial score (nSPS) is 10.7. The maximum Gasteiger partial charge on any atom is 0.303 e. The van der Waals surface area contributed by atoms with Crippen molar-refractivity contribution in [2.45, 2.75) is 12.8 Å². The number of hydrogen-bond acceptors (Lipinski definition) is 4. The van der Waals surface area contributed by atoms with Crippen molar-refractivity contribution in [3.05, 3.63) is 34.7 Å². The fourth-order valence-corrected chi connectivity index (χ4v) is 1.51. The lowest BCUT2D eigenvalue weighted by Crippen LogP contribution is -1.97. The Labute approximate surface area is 110 Å². The highest BCUT2D eigenvalue weighted by Crippen LogP contribution is 2.26. The second-order valence-electron chi connectivity index (χ2n) is 3.64. The molecular formula is C11H7ClF2N2O3. The van der Waals surface area contributed by atoms with Crippen molar-refractivity contribution in [1.82, 2.24) is 10.2 Å². The third-order valence-electron chi connectivity index (χ3n) is 2.26. The van der Waals surface area contributed by atoms with Crippen LogP contribution in [0.3, 0.4) is 0 Å². The summed E-state index contributed by atoms with van der Waals surface area (Å²) in [6.45, 7) is 0. The molecule has 0 atom stereocenters. The Morgan fingerprint density at radius 3 is 2.74 bits per heavy atom. The largest absolute Gasteiger partial charge is 0.481 e. The Balaban J connectivity index is 2.27. The van der Waals surface area contributed by atoms with Gasteiger partial charge >= 0.3 is 5.97 Å². The Kier molecular flexibility index (Phi) is 3.75. The van der Waals surface area contributed by atoms with Crippen molar-refractivity contribution in [3.63, 3.8) is 0 Å². The van der Waals surface area contributed by atoms with E-state index >= 15 is 0 Å². The van der Waals surface area contributed by atoms with E-state index in [4.69, 9.17) is 21.1 Å². The number of halogens is 3. The minimum absolute atomic E-state index is 0.0139. The van der Waals surface area contributed by atoms with Gasteiger partial charge in [0.2, 0.25) is 5.89 Å². The first-order chi connectivity index (χ1) is 8.97. The van der Waals surface area contributed by atoms with Gasteiger partial charge in [-0.15, -0.1) is 10.2 Å². The number of aryl methyl sites for hydroxylation is 1. The second kappa shape index (κ2) is 5.31. The van der Waals surface area contributed by atoms with Gasteiger partial charge in [0.05, 0.1) is 17.0 Å². The van der Waals surface area contributed by atoms with Crippen LogP contribution in [0.5, 0.6) is 0 Å². The van der Waals surface area contributed by atoms with Gasteiger partial charge in [0.1, 0.15) is 11.6 Å². The van der Waals surface area contributed by atoms with Crippen LogP contribution in [-0.4, -0.2) is 21.3 Å². The van der Waals surface area contributed by atoms with Crippen LogP contribution in [0.1, 0.15) is 12.3 Å². The molecule has 19 heavy (non-hydrogen) atoms. The Bertz CT molecular complexity index is 630. The molecule has 5 nitrogen and oxygen atoms in total. The van der Waals surface area contributed by atoms with E-state index in [0.717, 1.165) is 12.1 Å². The zero-order valence-electron chi connectivity index (χ0n) is 9.36. The average molecular weight is 289 g/mol. The predicted molar refractivity (Wildman–Crippen MR) is 60.6 cm³/mol. The van der Waals surface area contributed by atoms with Crippen molar-refractivity contribution < 1.29 is 23.1 Å². The molecule has 1 aromatic carbocycles. The van der Waals surface area contributed by atoms with Crippen LogP contribution in [0.2, 0.25) is 5.02 Å². The van der Waals surface area contributed by atoms with Gasteiger partial charge in [-0.1, -0.05) is 11.6 Å². The molecule has 0 saturated carbocycles.